The molecule has 0 spiro atoms. The highest BCUT2D eigenvalue weighted by Crippen LogP contribution is 1.94. The van der Waals surface area contributed by atoms with Gasteiger partial charge in [0.15, 0.2) is 11.9 Å². The Bertz CT molecular complexity index is 291. The van der Waals surface area contributed by atoms with Crippen LogP contribution in [0.4, 0.5) is 0 Å². The maximum Gasteiger partial charge on any atom is 0.178 e. The molecule has 1 aromatic rings. The summed E-state index contributed by atoms with van der Waals surface area (Å²) in [6.07, 6.45) is 1.76. The molecule has 1 rings (SSSR count). The van der Waals surface area contributed by atoms with Gasteiger partial charge >= 0.3 is 0 Å². The second-order valence-corrected chi connectivity index (χ2v) is 2.17. The van der Waals surface area contributed by atoms with Gasteiger partial charge in [0.05, 0.1) is 0 Å². The van der Waals surface area contributed by atoms with Gasteiger partial charge in [-0.05, 0) is 12.4 Å². The first kappa shape index (κ1) is 3.35. The summed E-state index contributed by atoms with van der Waals surface area (Å²) in [6, 6.07) is 3.31. The van der Waals surface area contributed by atoms with E-state index in [-0.39, 0.29) is 0 Å². The third-order valence-corrected chi connectivity index (χ3v) is 1.40. The van der Waals surface area contributed by atoms with Crippen molar-refractivity contribution < 1.29 is 8.68 Å². The molecule has 0 fully saturated rings. The second kappa shape index (κ2) is 2.18. The van der Waals surface area contributed by atoms with Crippen molar-refractivity contribution >= 4 is 0 Å². The van der Waals surface area contributed by atoms with Crippen molar-refractivity contribution in [2.24, 2.45) is 7.05 Å². The fourth-order valence-corrected chi connectivity index (χ4v) is 0.685. The summed E-state index contributed by atoms with van der Waals surface area (Å²) in [5.41, 5.74) is 1.35. The van der Waals surface area contributed by atoms with Crippen LogP contribution in [0.5, 0.6) is 0 Å². The Morgan fingerprint density at radius 3 is 3.00 bits per heavy atom. The molecule has 0 bridgehead atoms. The van der Waals surface area contributed by atoms with E-state index in [4.69, 9.17) is 4.11 Å². The van der Waals surface area contributed by atoms with Gasteiger partial charge in [-0.2, -0.15) is 0 Å². The average Bonchev–Trinajstić information content (AvgIpc) is 1.92. The van der Waals surface area contributed by atoms with Gasteiger partial charge in [0.1, 0.15) is 7.05 Å². The lowest BCUT2D eigenvalue weighted by atomic mass is 10.2. The zero-order valence-corrected chi connectivity index (χ0v) is 5.68. The summed E-state index contributed by atoms with van der Waals surface area (Å²) < 4.78 is 23.4. The standard InChI is InChI=1S/C8H12N/c1-7-4-5-9(3)8(2)6-7/h4-6H,1-3H3/q+1/i1D3. The molecule has 0 amide bonds. The summed E-state index contributed by atoms with van der Waals surface area (Å²) in [5, 5.41) is 0. The summed E-state index contributed by atoms with van der Waals surface area (Å²) in [6.45, 7) is -0.103. The van der Waals surface area contributed by atoms with Crippen molar-refractivity contribution in [1.29, 1.82) is 0 Å². The van der Waals surface area contributed by atoms with Crippen LogP contribution in [0, 0.1) is 13.8 Å². The Labute approximate surface area is 60.2 Å². The van der Waals surface area contributed by atoms with Crippen LogP contribution in [0.15, 0.2) is 18.3 Å². The number of rotatable bonds is 0. The van der Waals surface area contributed by atoms with E-state index < -0.39 is 6.85 Å². The molecule has 9 heavy (non-hydrogen) atoms. The Morgan fingerprint density at radius 2 is 2.44 bits per heavy atom. The molecular formula is C8H12N+. The van der Waals surface area contributed by atoms with Crippen molar-refractivity contribution in [3.8, 4) is 0 Å². The number of pyridine rings is 1. The Balaban J connectivity index is 3.14. The lowest BCUT2D eigenvalue weighted by Crippen LogP contribution is -2.30. The van der Waals surface area contributed by atoms with Gasteiger partial charge in [0, 0.05) is 23.2 Å². The van der Waals surface area contributed by atoms with Gasteiger partial charge in [0.25, 0.3) is 0 Å². The SMILES string of the molecule is [2H]C([2H])([2H])c1cc[n+](C)c(C)c1. The van der Waals surface area contributed by atoms with E-state index in [9.17, 15) is 0 Å². The van der Waals surface area contributed by atoms with Gasteiger partial charge in [-0.3, -0.25) is 0 Å². The number of nitrogens with zero attached hydrogens (tertiary/aromatic N) is 1. The van der Waals surface area contributed by atoms with Gasteiger partial charge in [0.2, 0.25) is 0 Å². The van der Waals surface area contributed by atoms with E-state index in [1.807, 2.05) is 18.5 Å². The first-order valence-corrected chi connectivity index (χ1v) is 2.88. The van der Waals surface area contributed by atoms with Gasteiger partial charge in [-0.1, -0.05) is 0 Å². The van der Waals surface area contributed by atoms with Crippen LogP contribution in [-0.2, 0) is 7.05 Å². The largest absolute Gasteiger partial charge is 0.205 e. The molecule has 0 radical (unpaired) electrons. The number of hydrogen-bond donors (Lipinski definition) is 0. The third-order valence-electron chi connectivity index (χ3n) is 1.40. The molecule has 0 N–H and O–H groups in total. The lowest BCUT2D eigenvalue weighted by Gasteiger charge is -1.92. The summed E-state index contributed by atoms with van der Waals surface area (Å²) in [7, 11) is 1.89. The highest BCUT2D eigenvalue weighted by molar-refractivity contribution is 5.08. The molecule has 1 heteroatoms. The Hall–Kier alpha value is -0.850. The minimum absolute atomic E-state index is 0.401. The molecule has 0 unspecified atom stereocenters. The van der Waals surface area contributed by atoms with E-state index in [2.05, 4.69) is 0 Å². The molecule has 0 saturated carbocycles. The van der Waals surface area contributed by atoms with Crippen LogP contribution in [0.2, 0.25) is 0 Å². The van der Waals surface area contributed by atoms with Crippen LogP contribution < -0.4 is 4.57 Å². The first-order chi connectivity index (χ1) is 5.41. The van der Waals surface area contributed by atoms with Crippen LogP contribution in [0.3, 0.4) is 0 Å². The number of hydrogen-bond acceptors (Lipinski definition) is 0. The maximum absolute atomic E-state index is 7.16. The van der Waals surface area contributed by atoms with Gasteiger partial charge < -0.3 is 0 Å². The van der Waals surface area contributed by atoms with E-state index >= 15 is 0 Å². The highest BCUT2D eigenvalue weighted by atomic mass is 14.9. The summed E-state index contributed by atoms with van der Waals surface area (Å²) in [4.78, 5) is 0. The lowest BCUT2D eigenvalue weighted by molar-refractivity contribution is -0.677. The molecule has 0 aliphatic carbocycles. The Morgan fingerprint density at radius 1 is 1.67 bits per heavy atom. The predicted molar refractivity (Wildman–Crippen MR) is 37.1 cm³/mol. The molecule has 0 aliphatic rings. The minimum Gasteiger partial charge on any atom is -0.205 e. The second-order valence-electron chi connectivity index (χ2n) is 2.17. The molecule has 0 saturated heterocycles. The van der Waals surface area contributed by atoms with Crippen LogP contribution >= 0.6 is 0 Å². The van der Waals surface area contributed by atoms with Crippen LogP contribution in [-0.4, -0.2) is 0 Å². The zero-order chi connectivity index (χ0) is 9.35. The number of aromatic nitrogens is 1. The molecule has 0 atom stereocenters. The molecule has 48 valence electrons. The van der Waals surface area contributed by atoms with Gasteiger partial charge in [-0.15, -0.1) is 0 Å². The average molecular weight is 125 g/mol. The minimum atomic E-state index is -1.99. The van der Waals surface area contributed by atoms with Crippen molar-refractivity contribution in [2.75, 3.05) is 0 Å². The maximum atomic E-state index is 7.16. The summed E-state index contributed by atoms with van der Waals surface area (Å²) >= 11 is 0. The van der Waals surface area contributed by atoms with Crippen molar-refractivity contribution in [3.05, 3.63) is 29.6 Å². The quantitative estimate of drug-likeness (QED) is 0.458. The molecule has 1 heterocycles. The summed E-state index contributed by atoms with van der Waals surface area (Å²) in [5.74, 6) is 0. The molecule has 0 aromatic carbocycles. The first-order valence-electron chi connectivity index (χ1n) is 4.38. The Kier molecular flexibility index (Phi) is 0.810. The molecule has 0 aliphatic heterocycles. The fraction of sp³-hybridized carbons (Fsp3) is 0.375. The highest BCUT2D eigenvalue weighted by Gasteiger charge is 1.96. The predicted octanol–water partition coefficient (Wildman–Crippen LogP) is 1.13. The van der Waals surface area contributed by atoms with Crippen molar-refractivity contribution in [2.45, 2.75) is 13.8 Å². The molecule has 1 aromatic heterocycles. The zero-order valence-electron chi connectivity index (χ0n) is 8.68. The van der Waals surface area contributed by atoms with Crippen molar-refractivity contribution in [1.82, 2.24) is 0 Å². The van der Waals surface area contributed by atoms with Crippen molar-refractivity contribution in [3.63, 3.8) is 0 Å². The topological polar surface area (TPSA) is 3.88 Å². The van der Waals surface area contributed by atoms with E-state index in [0.29, 0.717) is 5.56 Å². The number of aryl methyl sites for hydroxylation is 3. The van der Waals surface area contributed by atoms with E-state index in [1.54, 1.807) is 18.3 Å². The van der Waals surface area contributed by atoms with E-state index in [1.165, 1.54) is 0 Å². The van der Waals surface area contributed by atoms with Gasteiger partial charge in [-0.25, -0.2) is 4.57 Å². The normalized spacial score (nSPS) is 16.0. The van der Waals surface area contributed by atoms with Crippen LogP contribution in [0.1, 0.15) is 15.4 Å². The smallest absolute Gasteiger partial charge is 0.178 e. The van der Waals surface area contributed by atoms with Crippen LogP contribution in [0.25, 0.3) is 0 Å². The molecular weight excluding hydrogens is 110 g/mol. The monoisotopic (exact) mass is 125 g/mol. The fourth-order valence-electron chi connectivity index (χ4n) is 0.685. The third kappa shape index (κ3) is 1.28. The van der Waals surface area contributed by atoms with E-state index in [0.717, 1.165) is 5.69 Å². The molecule has 1 nitrogen and oxygen atoms in total.